The number of likely N-dealkylation sites (tertiary alicyclic amines) is 1. The molecule has 2 rings (SSSR count). The molecular formula is C17H28ClN5O2S. The first-order valence-electron chi connectivity index (χ1n) is 8.93. The maximum absolute atomic E-state index is 12.2. The largest absolute Gasteiger partial charge is 0.355 e. The molecule has 1 fully saturated rings. The summed E-state index contributed by atoms with van der Waals surface area (Å²) in [6.45, 7) is 4.82. The van der Waals surface area contributed by atoms with Gasteiger partial charge in [-0.25, -0.2) is 13.1 Å². The van der Waals surface area contributed by atoms with Gasteiger partial charge in [-0.1, -0.05) is 24.1 Å². The molecule has 0 spiro atoms. The van der Waals surface area contributed by atoms with Crippen molar-refractivity contribution >= 4 is 27.6 Å². The molecule has 0 atom stereocenters. The Kier molecular flexibility index (Phi) is 8.64. The molecule has 1 heterocycles. The summed E-state index contributed by atoms with van der Waals surface area (Å²) in [6, 6.07) is 6.20. The van der Waals surface area contributed by atoms with Gasteiger partial charge in [-0.2, -0.15) is 0 Å². The molecule has 0 saturated carbocycles. The van der Waals surface area contributed by atoms with E-state index in [0.29, 0.717) is 17.5 Å². The van der Waals surface area contributed by atoms with Gasteiger partial charge in [-0.15, -0.1) is 0 Å². The van der Waals surface area contributed by atoms with Crippen LogP contribution >= 0.6 is 11.6 Å². The highest BCUT2D eigenvalue weighted by molar-refractivity contribution is 7.89. The molecule has 26 heavy (non-hydrogen) atoms. The van der Waals surface area contributed by atoms with E-state index in [1.807, 2.05) is 0 Å². The van der Waals surface area contributed by atoms with Crippen molar-refractivity contribution in [2.45, 2.75) is 24.2 Å². The predicted octanol–water partition coefficient (Wildman–Crippen LogP) is 1.27. The van der Waals surface area contributed by atoms with Gasteiger partial charge in [0.2, 0.25) is 10.0 Å². The second kappa shape index (κ2) is 10.7. The summed E-state index contributed by atoms with van der Waals surface area (Å²) in [4.78, 5) is 6.76. The van der Waals surface area contributed by atoms with Crippen LogP contribution in [0.25, 0.3) is 0 Å². The maximum atomic E-state index is 12.2. The Hall–Kier alpha value is -1.35. The normalized spacial score (nSPS) is 16.5. The van der Waals surface area contributed by atoms with E-state index in [1.165, 1.54) is 44.5 Å². The van der Waals surface area contributed by atoms with E-state index < -0.39 is 10.0 Å². The number of nitrogens with zero attached hydrogens (tertiary/aromatic N) is 2. The molecule has 1 aliphatic rings. The Morgan fingerprint density at radius 3 is 2.58 bits per heavy atom. The Morgan fingerprint density at radius 2 is 1.88 bits per heavy atom. The summed E-state index contributed by atoms with van der Waals surface area (Å²) >= 11 is 5.85. The molecule has 3 N–H and O–H groups in total. The molecule has 0 radical (unpaired) electrons. The zero-order valence-electron chi connectivity index (χ0n) is 15.2. The molecule has 1 aromatic rings. The Balaban J connectivity index is 1.67. The third kappa shape index (κ3) is 7.11. The first kappa shape index (κ1) is 21.0. The van der Waals surface area contributed by atoms with Crippen LogP contribution in [0, 0.1) is 0 Å². The number of guanidine groups is 1. The first-order chi connectivity index (χ1) is 12.5. The van der Waals surface area contributed by atoms with E-state index in [1.54, 1.807) is 19.2 Å². The van der Waals surface area contributed by atoms with Gasteiger partial charge in [0, 0.05) is 38.2 Å². The Bertz CT molecular complexity index is 690. The average Bonchev–Trinajstić information content (AvgIpc) is 2.64. The number of benzene rings is 1. The van der Waals surface area contributed by atoms with Gasteiger partial charge in [-0.3, -0.25) is 4.99 Å². The monoisotopic (exact) mass is 401 g/mol. The number of hydrogen-bond donors (Lipinski definition) is 3. The van der Waals surface area contributed by atoms with Crippen molar-refractivity contribution in [2.24, 2.45) is 4.99 Å². The van der Waals surface area contributed by atoms with Gasteiger partial charge < -0.3 is 15.5 Å². The van der Waals surface area contributed by atoms with Crippen LogP contribution < -0.4 is 15.4 Å². The number of aliphatic imine (C=N–C) groups is 1. The van der Waals surface area contributed by atoms with Crippen molar-refractivity contribution in [1.82, 2.24) is 20.3 Å². The van der Waals surface area contributed by atoms with E-state index in [2.05, 4.69) is 25.2 Å². The number of hydrogen-bond acceptors (Lipinski definition) is 4. The number of halogens is 1. The highest BCUT2D eigenvalue weighted by atomic mass is 35.5. The molecule has 0 aliphatic carbocycles. The van der Waals surface area contributed by atoms with Crippen LogP contribution in [-0.4, -0.2) is 65.6 Å². The standard InChI is InChI=1S/C17H28ClN5O2S/c1-19-17(21-10-13-23-11-3-2-4-12-23)20-8-9-22-26(24,25)16-7-5-6-15(18)14-16/h5-7,14,22H,2-4,8-13H2,1H3,(H2,19,20,21). The van der Waals surface area contributed by atoms with Crippen molar-refractivity contribution in [1.29, 1.82) is 0 Å². The summed E-state index contributed by atoms with van der Waals surface area (Å²) in [6.07, 6.45) is 3.89. The van der Waals surface area contributed by atoms with E-state index >= 15 is 0 Å². The summed E-state index contributed by atoms with van der Waals surface area (Å²) in [5, 5.41) is 6.76. The molecule has 0 bridgehead atoms. The van der Waals surface area contributed by atoms with Crippen LogP contribution in [0.1, 0.15) is 19.3 Å². The quantitative estimate of drug-likeness (QED) is 0.347. The van der Waals surface area contributed by atoms with Gasteiger partial charge in [0.15, 0.2) is 5.96 Å². The van der Waals surface area contributed by atoms with Gasteiger partial charge in [0.25, 0.3) is 0 Å². The molecule has 146 valence electrons. The second-order valence-electron chi connectivity index (χ2n) is 6.18. The summed E-state index contributed by atoms with van der Waals surface area (Å²) < 4.78 is 26.9. The lowest BCUT2D eigenvalue weighted by Gasteiger charge is -2.26. The number of rotatable bonds is 8. The van der Waals surface area contributed by atoms with Crippen molar-refractivity contribution < 1.29 is 8.42 Å². The molecule has 1 aliphatic heterocycles. The number of sulfonamides is 1. The number of nitrogens with one attached hydrogen (secondary N) is 3. The predicted molar refractivity (Wildman–Crippen MR) is 106 cm³/mol. The third-order valence-electron chi connectivity index (χ3n) is 4.21. The Labute approximate surface area is 161 Å². The molecule has 1 aromatic carbocycles. The molecule has 7 nitrogen and oxygen atoms in total. The van der Waals surface area contributed by atoms with Crippen LogP contribution in [0.2, 0.25) is 5.02 Å². The molecule has 0 unspecified atom stereocenters. The average molecular weight is 402 g/mol. The van der Waals surface area contributed by atoms with Crippen LogP contribution in [0.3, 0.4) is 0 Å². The van der Waals surface area contributed by atoms with Gasteiger partial charge in [-0.05, 0) is 44.1 Å². The minimum atomic E-state index is -3.56. The summed E-state index contributed by atoms with van der Waals surface area (Å²) in [7, 11) is -1.86. The molecule has 0 aromatic heterocycles. The smallest absolute Gasteiger partial charge is 0.240 e. The van der Waals surface area contributed by atoms with E-state index in [9.17, 15) is 8.42 Å². The van der Waals surface area contributed by atoms with Gasteiger partial charge >= 0.3 is 0 Å². The molecular weight excluding hydrogens is 374 g/mol. The van der Waals surface area contributed by atoms with Crippen LogP contribution in [-0.2, 0) is 10.0 Å². The fourth-order valence-corrected chi connectivity index (χ4v) is 4.15. The zero-order chi connectivity index (χ0) is 18.8. The van der Waals surface area contributed by atoms with Crippen LogP contribution in [0.4, 0.5) is 0 Å². The highest BCUT2D eigenvalue weighted by Crippen LogP contribution is 2.14. The maximum Gasteiger partial charge on any atom is 0.240 e. The number of piperidine rings is 1. The second-order valence-corrected chi connectivity index (χ2v) is 8.39. The molecule has 0 amide bonds. The van der Waals surface area contributed by atoms with Crippen LogP contribution in [0.15, 0.2) is 34.2 Å². The zero-order valence-corrected chi connectivity index (χ0v) is 16.7. The minimum absolute atomic E-state index is 0.161. The van der Waals surface area contributed by atoms with Gasteiger partial charge in [0.05, 0.1) is 4.90 Å². The topological polar surface area (TPSA) is 85.8 Å². The first-order valence-corrected chi connectivity index (χ1v) is 10.8. The minimum Gasteiger partial charge on any atom is -0.355 e. The highest BCUT2D eigenvalue weighted by Gasteiger charge is 2.13. The van der Waals surface area contributed by atoms with E-state index in [-0.39, 0.29) is 11.4 Å². The van der Waals surface area contributed by atoms with Crippen molar-refractivity contribution in [3.8, 4) is 0 Å². The van der Waals surface area contributed by atoms with E-state index in [4.69, 9.17) is 11.6 Å². The van der Waals surface area contributed by atoms with Crippen molar-refractivity contribution in [3.05, 3.63) is 29.3 Å². The fraction of sp³-hybridized carbons (Fsp3) is 0.588. The lowest BCUT2D eigenvalue weighted by molar-refractivity contribution is 0.232. The Morgan fingerprint density at radius 1 is 1.15 bits per heavy atom. The fourth-order valence-electron chi connectivity index (χ4n) is 2.82. The molecule has 9 heteroatoms. The van der Waals surface area contributed by atoms with E-state index in [0.717, 1.165) is 13.1 Å². The van der Waals surface area contributed by atoms with Crippen LogP contribution in [0.5, 0.6) is 0 Å². The third-order valence-corrected chi connectivity index (χ3v) is 5.90. The summed E-state index contributed by atoms with van der Waals surface area (Å²) in [5.74, 6) is 0.670. The van der Waals surface area contributed by atoms with Gasteiger partial charge in [0.1, 0.15) is 0 Å². The van der Waals surface area contributed by atoms with Crippen molar-refractivity contribution in [2.75, 3.05) is 46.3 Å². The lowest BCUT2D eigenvalue weighted by atomic mass is 10.1. The van der Waals surface area contributed by atoms with Crippen molar-refractivity contribution in [3.63, 3.8) is 0 Å². The SMILES string of the molecule is CN=C(NCCNS(=O)(=O)c1cccc(Cl)c1)NCCN1CCCCC1. The lowest BCUT2D eigenvalue weighted by Crippen LogP contribution is -2.44. The molecule has 1 saturated heterocycles. The summed E-state index contributed by atoms with van der Waals surface area (Å²) in [5.41, 5.74) is 0.